The van der Waals surface area contributed by atoms with E-state index in [0.29, 0.717) is 45.1 Å². The second kappa shape index (κ2) is 5.77. The fraction of sp³-hybridized carbons (Fsp3) is 0.846. The van der Waals surface area contributed by atoms with Gasteiger partial charge in [0.15, 0.2) is 0 Å². The quantitative estimate of drug-likeness (QED) is 0.786. The third-order valence-corrected chi connectivity index (χ3v) is 4.17. The lowest BCUT2D eigenvalue weighted by molar-refractivity contribution is -0.148. The lowest BCUT2D eigenvalue weighted by Crippen LogP contribution is -2.60. The van der Waals surface area contributed by atoms with Crippen LogP contribution < -0.4 is 5.32 Å². The first-order chi connectivity index (χ1) is 9.03. The van der Waals surface area contributed by atoms with Gasteiger partial charge in [-0.1, -0.05) is 6.92 Å². The summed E-state index contributed by atoms with van der Waals surface area (Å²) in [5.74, 6) is -0.324. The summed E-state index contributed by atoms with van der Waals surface area (Å²) in [7, 11) is 0. The molecule has 2 aliphatic rings. The molecule has 0 aromatic carbocycles. The minimum absolute atomic E-state index is 0.254. The summed E-state index contributed by atoms with van der Waals surface area (Å²) < 4.78 is 5.19. The molecule has 0 spiro atoms. The van der Waals surface area contributed by atoms with Crippen molar-refractivity contribution in [1.29, 1.82) is 0 Å². The van der Waals surface area contributed by atoms with E-state index in [1.54, 1.807) is 4.90 Å². The summed E-state index contributed by atoms with van der Waals surface area (Å²) in [6.45, 7) is 4.35. The second-order valence-corrected chi connectivity index (χ2v) is 5.60. The molecule has 2 aliphatic heterocycles. The van der Waals surface area contributed by atoms with E-state index in [9.17, 15) is 14.7 Å². The highest BCUT2D eigenvalue weighted by Gasteiger charge is 2.42. The number of carboxylic acid groups (broad SMARTS) is 1. The molecule has 2 saturated heterocycles. The fourth-order valence-corrected chi connectivity index (χ4v) is 2.61. The first kappa shape index (κ1) is 14.1. The molecule has 6 nitrogen and oxygen atoms in total. The third-order valence-electron chi connectivity index (χ3n) is 4.17. The van der Waals surface area contributed by atoms with Gasteiger partial charge in [-0.05, 0) is 18.8 Å². The number of hydrogen-bond acceptors (Lipinski definition) is 3. The van der Waals surface area contributed by atoms with Crippen molar-refractivity contribution in [2.75, 3.05) is 26.3 Å². The zero-order valence-electron chi connectivity index (χ0n) is 11.4. The zero-order valence-corrected chi connectivity index (χ0v) is 11.4. The Hall–Kier alpha value is -1.30. The summed E-state index contributed by atoms with van der Waals surface area (Å²) in [6, 6.07) is -0.254. The molecule has 19 heavy (non-hydrogen) atoms. The van der Waals surface area contributed by atoms with E-state index in [4.69, 9.17) is 4.74 Å². The van der Waals surface area contributed by atoms with Crippen LogP contribution in [0.2, 0.25) is 0 Å². The van der Waals surface area contributed by atoms with Gasteiger partial charge in [0, 0.05) is 39.1 Å². The molecule has 0 aromatic heterocycles. The van der Waals surface area contributed by atoms with Crippen molar-refractivity contribution in [2.45, 2.75) is 38.1 Å². The molecule has 2 fully saturated rings. The fourth-order valence-electron chi connectivity index (χ4n) is 2.61. The van der Waals surface area contributed by atoms with Crippen molar-refractivity contribution in [3.63, 3.8) is 0 Å². The van der Waals surface area contributed by atoms with Crippen molar-refractivity contribution >= 4 is 12.0 Å². The first-order valence-electron chi connectivity index (χ1n) is 6.92. The third kappa shape index (κ3) is 3.18. The maximum atomic E-state index is 12.2. The molecular formula is C13H22N2O4. The first-order valence-corrected chi connectivity index (χ1v) is 6.92. The summed E-state index contributed by atoms with van der Waals surface area (Å²) in [4.78, 5) is 25.4. The van der Waals surface area contributed by atoms with Gasteiger partial charge in [-0.15, -0.1) is 0 Å². The highest BCUT2D eigenvalue weighted by molar-refractivity contribution is 5.86. The minimum Gasteiger partial charge on any atom is -0.480 e. The highest BCUT2D eigenvalue weighted by Crippen LogP contribution is 2.22. The van der Waals surface area contributed by atoms with E-state index in [2.05, 4.69) is 12.2 Å². The van der Waals surface area contributed by atoms with Crippen LogP contribution >= 0.6 is 0 Å². The van der Waals surface area contributed by atoms with Crippen LogP contribution in [0, 0.1) is 5.92 Å². The summed E-state index contributed by atoms with van der Waals surface area (Å²) in [5, 5.41) is 12.1. The van der Waals surface area contributed by atoms with Crippen LogP contribution in [0.15, 0.2) is 0 Å². The molecule has 6 heteroatoms. The molecule has 108 valence electrons. The van der Waals surface area contributed by atoms with Crippen LogP contribution in [-0.2, 0) is 9.53 Å². The van der Waals surface area contributed by atoms with Crippen molar-refractivity contribution in [3.8, 4) is 0 Å². The largest absolute Gasteiger partial charge is 0.480 e. The van der Waals surface area contributed by atoms with Gasteiger partial charge in [0.25, 0.3) is 0 Å². The van der Waals surface area contributed by atoms with Crippen molar-refractivity contribution < 1.29 is 19.4 Å². The van der Waals surface area contributed by atoms with Gasteiger partial charge in [0.05, 0.1) is 0 Å². The number of carbonyl (C=O) groups is 2. The number of nitrogens with one attached hydrogen (secondary N) is 1. The Bertz CT molecular complexity index is 345. The number of carboxylic acids is 1. The van der Waals surface area contributed by atoms with Crippen LogP contribution in [0.25, 0.3) is 0 Å². The number of carbonyl (C=O) groups excluding carboxylic acids is 1. The maximum Gasteiger partial charge on any atom is 0.329 e. The van der Waals surface area contributed by atoms with Gasteiger partial charge in [-0.25, -0.2) is 9.59 Å². The Kier molecular flexibility index (Phi) is 4.29. The molecule has 2 heterocycles. The molecule has 0 atom stereocenters. The van der Waals surface area contributed by atoms with Crippen LogP contribution in [0.4, 0.5) is 4.79 Å². The van der Waals surface area contributed by atoms with E-state index < -0.39 is 11.5 Å². The van der Waals surface area contributed by atoms with Crippen LogP contribution in [-0.4, -0.2) is 53.8 Å². The van der Waals surface area contributed by atoms with E-state index in [0.717, 1.165) is 12.8 Å². The van der Waals surface area contributed by atoms with E-state index >= 15 is 0 Å². The molecule has 2 N–H and O–H groups in total. The minimum atomic E-state index is -1.15. The number of piperidine rings is 1. The highest BCUT2D eigenvalue weighted by atomic mass is 16.5. The molecule has 2 amide bonds. The SMILES string of the molecule is CC1CCN(C(=O)NC2(C(=O)O)CCOCC2)CC1. The van der Waals surface area contributed by atoms with Crippen molar-refractivity contribution in [1.82, 2.24) is 10.2 Å². The Morgan fingerprint density at radius 1 is 1.26 bits per heavy atom. The van der Waals surface area contributed by atoms with Gasteiger partial charge in [0.2, 0.25) is 0 Å². The number of nitrogens with zero attached hydrogens (tertiary/aromatic N) is 1. The summed E-state index contributed by atoms with van der Waals surface area (Å²) in [5.41, 5.74) is -1.15. The van der Waals surface area contributed by atoms with Gasteiger partial charge in [-0.3, -0.25) is 0 Å². The lowest BCUT2D eigenvalue weighted by Gasteiger charge is -2.37. The smallest absolute Gasteiger partial charge is 0.329 e. The summed E-state index contributed by atoms with van der Waals surface area (Å²) >= 11 is 0. The van der Waals surface area contributed by atoms with Crippen LogP contribution in [0.1, 0.15) is 32.6 Å². The molecule has 0 aliphatic carbocycles. The Morgan fingerprint density at radius 3 is 2.37 bits per heavy atom. The van der Waals surface area contributed by atoms with E-state index in [1.165, 1.54) is 0 Å². The lowest BCUT2D eigenvalue weighted by atomic mass is 9.90. The average Bonchev–Trinajstić information content (AvgIpc) is 2.40. The second-order valence-electron chi connectivity index (χ2n) is 5.60. The zero-order chi connectivity index (χ0) is 13.9. The molecule has 2 rings (SSSR count). The molecular weight excluding hydrogens is 248 g/mol. The van der Waals surface area contributed by atoms with Crippen molar-refractivity contribution in [3.05, 3.63) is 0 Å². The number of likely N-dealkylation sites (tertiary alicyclic amines) is 1. The summed E-state index contributed by atoms with van der Waals surface area (Å²) in [6.07, 6.45) is 2.63. The van der Waals surface area contributed by atoms with Gasteiger partial charge in [0.1, 0.15) is 5.54 Å². The Balaban J connectivity index is 1.97. The number of amides is 2. The predicted molar refractivity (Wildman–Crippen MR) is 68.9 cm³/mol. The monoisotopic (exact) mass is 270 g/mol. The Labute approximate surface area is 113 Å². The molecule has 0 unspecified atom stereocenters. The molecule has 0 bridgehead atoms. The molecule has 0 saturated carbocycles. The van der Waals surface area contributed by atoms with Crippen molar-refractivity contribution in [2.24, 2.45) is 5.92 Å². The van der Waals surface area contributed by atoms with Gasteiger partial charge >= 0.3 is 12.0 Å². The van der Waals surface area contributed by atoms with E-state index in [-0.39, 0.29) is 6.03 Å². The number of rotatable bonds is 2. The molecule has 0 radical (unpaired) electrons. The topological polar surface area (TPSA) is 78.9 Å². The van der Waals surface area contributed by atoms with Crippen LogP contribution in [0.5, 0.6) is 0 Å². The number of aliphatic carboxylic acids is 1. The average molecular weight is 270 g/mol. The maximum absolute atomic E-state index is 12.2. The van der Waals surface area contributed by atoms with Gasteiger partial charge in [-0.2, -0.15) is 0 Å². The number of hydrogen-bond donors (Lipinski definition) is 2. The van der Waals surface area contributed by atoms with Crippen LogP contribution in [0.3, 0.4) is 0 Å². The Morgan fingerprint density at radius 2 is 1.84 bits per heavy atom. The van der Waals surface area contributed by atoms with Gasteiger partial charge < -0.3 is 20.1 Å². The van der Waals surface area contributed by atoms with E-state index in [1.807, 2.05) is 0 Å². The normalized spacial score (nSPS) is 23.9. The molecule has 0 aromatic rings. The number of ether oxygens (including phenoxy) is 1. The standard InChI is InChI=1S/C13H22N2O4/c1-10-2-6-15(7-3-10)12(18)14-13(11(16)17)4-8-19-9-5-13/h10H,2-9H2,1H3,(H,14,18)(H,16,17). The predicted octanol–water partition coefficient (Wildman–Crippen LogP) is 1.06. The number of urea groups is 1.